The number of aliphatic carboxylic acids is 2. The van der Waals surface area contributed by atoms with Gasteiger partial charge in [-0.25, -0.2) is 13.1 Å². The first-order valence-corrected chi connectivity index (χ1v) is 6.34. The molecule has 0 aliphatic heterocycles. The van der Waals surface area contributed by atoms with Crippen molar-refractivity contribution in [3.8, 4) is 0 Å². The van der Waals surface area contributed by atoms with Crippen molar-refractivity contribution < 1.29 is 37.8 Å². The fraction of sp³-hybridized carbons (Fsp3) is 0.625. The highest BCUT2D eigenvalue weighted by Gasteiger charge is 2.26. The van der Waals surface area contributed by atoms with Crippen LogP contribution in [0.4, 0.5) is 0 Å². The maximum atomic E-state index is 11.4. The predicted octanol–water partition coefficient (Wildman–Crippen LogP) is -1.60. The van der Waals surface area contributed by atoms with Crippen molar-refractivity contribution in [2.45, 2.75) is 18.9 Å². The lowest BCUT2D eigenvalue weighted by atomic mass is 10.2. The van der Waals surface area contributed by atoms with Gasteiger partial charge >= 0.3 is 17.9 Å². The quantitative estimate of drug-likeness (QED) is 0.451. The first-order valence-electron chi connectivity index (χ1n) is 4.69. The van der Waals surface area contributed by atoms with Crippen molar-refractivity contribution in [3.63, 3.8) is 0 Å². The number of hydrogen-bond acceptors (Lipinski definition) is 6. The molecular weight excluding hydrogens is 270 g/mol. The number of carboxylic acids is 2. The summed E-state index contributed by atoms with van der Waals surface area (Å²) in [6.07, 6.45) is -1.35. The standard InChI is InChI=1S/C8H13NO8S/c1-17-7(12)2-3-18(15,16)9-5(8(13)14)4-6(10)11/h5,9H,2-4H2,1H3,(H,10,11)(H,13,14). The van der Waals surface area contributed by atoms with E-state index in [1.54, 1.807) is 4.72 Å². The highest BCUT2D eigenvalue weighted by Crippen LogP contribution is 1.99. The van der Waals surface area contributed by atoms with Crippen LogP contribution in [0.25, 0.3) is 0 Å². The van der Waals surface area contributed by atoms with E-state index in [4.69, 9.17) is 10.2 Å². The van der Waals surface area contributed by atoms with Crippen LogP contribution in [-0.2, 0) is 29.1 Å². The molecule has 1 unspecified atom stereocenters. The van der Waals surface area contributed by atoms with Crippen LogP contribution >= 0.6 is 0 Å². The molecule has 10 heteroatoms. The van der Waals surface area contributed by atoms with E-state index >= 15 is 0 Å². The molecule has 0 fully saturated rings. The summed E-state index contributed by atoms with van der Waals surface area (Å²) in [5, 5.41) is 17.0. The first-order chi connectivity index (χ1) is 8.18. The lowest BCUT2D eigenvalue weighted by Crippen LogP contribution is -2.43. The molecular formula is C8H13NO8S. The molecule has 0 aliphatic carbocycles. The third-order valence-electron chi connectivity index (χ3n) is 1.80. The van der Waals surface area contributed by atoms with E-state index in [0.29, 0.717) is 0 Å². The molecule has 0 amide bonds. The Morgan fingerprint density at radius 3 is 2.22 bits per heavy atom. The fourth-order valence-corrected chi connectivity index (χ4v) is 2.12. The second-order valence-electron chi connectivity index (χ2n) is 3.25. The third kappa shape index (κ3) is 6.81. The van der Waals surface area contributed by atoms with Gasteiger partial charge in [-0.3, -0.25) is 14.4 Å². The van der Waals surface area contributed by atoms with Crippen molar-refractivity contribution in [2.24, 2.45) is 0 Å². The summed E-state index contributed by atoms with van der Waals surface area (Å²) in [7, 11) is -3.00. The number of nitrogens with one attached hydrogen (secondary N) is 1. The van der Waals surface area contributed by atoms with E-state index in [2.05, 4.69) is 4.74 Å². The number of ether oxygens (including phenoxy) is 1. The SMILES string of the molecule is COC(=O)CCS(=O)(=O)NC(CC(=O)O)C(=O)O. The van der Waals surface area contributed by atoms with Crippen molar-refractivity contribution in [1.29, 1.82) is 0 Å². The van der Waals surface area contributed by atoms with Crippen LogP contribution in [0.3, 0.4) is 0 Å². The van der Waals surface area contributed by atoms with E-state index in [-0.39, 0.29) is 0 Å². The number of carbonyl (C=O) groups is 3. The second-order valence-corrected chi connectivity index (χ2v) is 5.12. The largest absolute Gasteiger partial charge is 0.481 e. The molecule has 0 aliphatic rings. The molecule has 0 aromatic heterocycles. The maximum Gasteiger partial charge on any atom is 0.322 e. The number of carbonyl (C=O) groups excluding carboxylic acids is 1. The number of sulfonamides is 1. The van der Waals surface area contributed by atoms with Crippen LogP contribution in [0.2, 0.25) is 0 Å². The van der Waals surface area contributed by atoms with Gasteiger partial charge in [-0.2, -0.15) is 0 Å². The van der Waals surface area contributed by atoms with E-state index in [1.165, 1.54) is 0 Å². The highest BCUT2D eigenvalue weighted by molar-refractivity contribution is 7.89. The molecule has 0 radical (unpaired) electrons. The Balaban J connectivity index is 4.56. The monoisotopic (exact) mass is 283 g/mol. The molecule has 18 heavy (non-hydrogen) atoms. The molecule has 0 bridgehead atoms. The number of hydrogen-bond donors (Lipinski definition) is 3. The number of rotatable bonds is 8. The first kappa shape index (κ1) is 16.3. The van der Waals surface area contributed by atoms with Gasteiger partial charge in [0.15, 0.2) is 0 Å². The average Bonchev–Trinajstić information content (AvgIpc) is 2.24. The molecule has 0 aromatic rings. The zero-order chi connectivity index (χ0) is 14.3. The normalized spacial score (nSPS) is 12.7. The molecule has 9 nitrogen and oxygen atoms in total. The Kier molecular flexibility index (Phi) is 6.27. The van der Waals surface area contributed by atoms with E-state index in [0.717, 1.165) is 7.11 Å². The third-order valence-corrected chi connectivity index (χ3v) is 3.19. The summed E-state index contributed by atoms with van der Waals surface area (Å²) in [6.45, 7) is 0. The Bertz CT molecular complexity index is 428. The van der Waals surface area contributed by atoms with Gasteiger partial charge in [0.05, 0.1) is 25.7 Å². The molecule has 104 valence electrons. The Hall–Kier alpha value is -1.68. The van der Waals surface area contributed by atoms with Gasteiger partial charge in [0.25, 0.3) is 0 Å². The predicted molar refractivity (Wildman–Crippen MR) is 57.2 cm³/mol. The Labute approximate surface area is 103 Å². The summed E-state index contributed by atoms with van der Waals surface area (Å²) >= 11 is 0. The summed E-state index contributed by atoms with van der Waals surface area (Å²) < 4.78 is 28.7. The molecule has 0 rings (SSSR count). The molecule has 0 saturated carbocycles. The molecule has 0 aromatic carbocycles. The minimum Gasteiger partial charge on any atom is -0.481 e. The van der Waals surface area contributed by atoms with Gasteiger partial charge in [-0.15, -0.1) is 0 Å². The number of esters is 1. The molecule has 0 heterocycles. The summed E-state index contributed by atoms with van der Waals surface area (Å²) in [5.74, 6) is -4.52. The van der Waals surface area contributed by atoms with Gasteiger partial charge in [0.2, 0.25) is 10.0 Å². The van der Waals surface area contributed by atoms with Crippen molar-refractivity contribution in [3.05, 3.63) is 0 Å². The number of carboxylic acid groups (broad SMARTS) is 2. The number of methoxy groups -OCH3 is 1. The van der Waals surface area contributed by atoms with Gasteiger partial charge in [-0.05, 0) is 0 Å². The summed E-state index contributed by atoms with van der Waals surface area (Å²) in [6, 6.07) is -1.77. The van der Waals surface area contributed by atoms with Crippen LogP contribution in [0.15, 0.2) is 0 Å². The molecule has 1 atom stereocenters. The lowest BCUT2D eigenvalue weighted by Gasteiger charge is -2.12. The molecule has 0 spiro atoms. The van der Waals surface area contributed by atoms with Crippen LogP contribution in [0, 0.1) is 0 Å². The summed E-state index contributed by atoms with van der Waals surface area (Å²) in [5.41, 5.74) is 0. The second kappa shape index (κ2) is 6.91. The van der Waals surface area contributed by atoms with Gasteiger partial charge in [-0.1, -0.05) is 0 Å². The van der Waals surface area contributed by atoms with E-state index in [1.807, 2.05) is 0 Å². The van der Waals surface area contributed by atoms with Crippen molar-refractivity contribution >= 4 is 27.9 Å². The van der Waals surface area contributed by atoms with Crippen LogP contribution in [0.5, 0.6) is 0 Å². The zero-order valence-electron chi connectivity index (χ0n) is 9.45. The fourth-order valence-electron chi connectivity index (χ4n) is 0.949. The lowest BCUT2D eigenvalue weighted by molar-refractivity contribution is -0.145. The van der Waals surface area contributed by atoms with E-state index in [9.17, 15) is 22.8 Å². The smallest absolute Gasteiger partial charge is 0.322 e. The van der Waals surface area contributed by atoms with E-state index < -0.39 is 52.6 Å². The summed E-state index contributed by atoms with van der Waals surface area (Å²) in [4.78, 5) is 31.7. The molecule has 3 N–H and O–H groups in total. The van der Waals surface area contributed by atoms with Crippen LogP contribution in [-0.4, -0.2) is 55.4 Å². The van der Waals surface area contributed by atoms with Crippen molar-refractivity contribution in [2.75, 3.05) is 12.9 Å². The average molecular weight is 283 g/mol. The Morgan fingerprint density at radius 1 is 1.28 bits per heavy atom. The van der Waals surface area contributed by atoms with Gasteiger partial charge in [0, 0.05) is 0 Å². The minimum absolute atomic E-state index is 0.453. The topological polar surface area (TPSA) is 147 Å². The Morgan fingerprint density at radius 2 is 1.83 bits per heavy atom. The minimum atomic E-state index is -4.07. The van der Waals surface area contributed by atoms with Gasteiger partial charge in [0.1, 0.15) is 6.04 Å². The highest BCUT2D eigenvalue weighted by atomic mass is 32.2. The molecule has 0 saturated heterocycles. The van der Waals surface area contributed by atoms with Gasteiger partial charge < -0.3 is 14.9 Å². The van der Waals surface area contributed by atoms with Crippen molar-refractivity contribution in [1.82, 2.24) is 4.72 Å². The van der Waals surface area contributed by atoms with Crippen LogP contribution in [0.1, 0.15) is 12.8 Å². The maximum absolute atomic E-state index is 11.4. The zero-order valence-corrected chi connectivity index (χ0v) is 10.3. The van der Waals surface area contributed by atoms with Crippen LogP contribution < -0.4 is 4.72 Å².